The first-order chi connectivity index (χ1) is 12.6. The number of amidine groups is 1. The number of ether oxygens (including phenoxy) is 1. The van der Waals surface area contributed by atoms with E-state index in [4.69, 9.17) is 0 Å². The summed E-state index contributed by atoms with van der Waals surface area (Å²) in [6.07, 6.45) is 6.31. The lowest BCUT2D eigenvalue weighted by atomic mass is 10.1. The molecule has 0 unspecified atom stereocenters. The van der Waals surface area contributed by atoms with Gasteiger partial charge in [-0.05, 0) is 48.0 Å². The van der Waals surface area contributed by atoms with Crippen LogP contribution < -0.4 is 5.32 Å². The van der Waals surface area contributed by atoms with Crippen LogP contribution in [0, 0.1) is 6.92 Å². The zero-order valence-electron chi connectivity index (χ0n) is 14.0. The standard InChI is InChI=1S/C17H15N5O3S/c1-11-8-13(22-7-3-6-19-22)5-4-12(11)10-18-21-17-20-16(24)14(26-17)9-15(23)25-2/h3-10H,1-2H3,(H,20,21,24)/b14-9+,18-10?. The van der Waals surface area contributed by atoms with Crippen molar-refractivity contribution in [2.45, 2.75) is 6.92 Å². The molecule has 1 aliphatic rings. The van der Waals surface area contributed by atoms with Crippen LogP contribution in [-0.2, 0) is 14.3 Å². The molecule has 1 aromatic carbocycles. The molecule has 0 spiro atoms. The Morgan fingerprint density at radius 1 is 1.42 bits per heavy atom. The van der Waals surface area contributed by atoms with Crippen molar-refractivity contribution in [2.24, 2.45) is 10.2 Å². The van der Waals surface area contributed by atoms with Crippen molar-refractivity contribution in [1.29, 1.82) is 0 Å². The number of methoxy groups -OCH3 is 1. The molecule has 0 bridgehead atoms. The van der Waals surface area contributed by atoms with Gasteiger partial charge in [-0.25, -0.2) is 9.48 Å². The molecule has 1 fully saturated rings. The molecule has 2 heterocycles. The topological polar surface area (TPSA) is 97.9 Å². The van der Waals surface area contributed by atoms with Gasteiger partial charge in [0.15, 0.2) is 5.17 Å². The first-order valence-corrected chi connectivity index (χ1v) is 8.39. The van der Waals surface area contributed by atoms with E-state index in [1.54, 1.807) is 17.1 Å². The first kappa shape index (κ1) is 17.6. The Balaban J connectivity index is 1.71. The fraction of sp³-hybridized carbons (Fsp3) is 0.118. The molecular formula is C17H15N5O3S. The van der Waals surface area contributed by atoms with E-state index in [1.807, 2.05) is 37.4 Å². The second-order valence-corrected chi connectivity index (χ2v) is 6.26. The molecule has 0 saturated carbocycles. The second kappa shape index (κ2) is 7.79. The lowest BCUT2D eigenvalue weighted by Crippen LogP contribution is -2.19. The summed E-state index contributed by atoms with van der Waals surface area (Å²) >= 11 is 1.03. The largest absolute Gasteiger partial charge is 0.466 e. The number of thioether (sulfide) groups is 1. The number of amides is 1. The number of aromatic nitrogens is 2. The monoisotopic (exact) mass is 369 g/mol. The fourth-order valence-electron chi connectivity index (χ4n) is 2.15. The van der Waals surface area contributed by atoms with Crippen molar-refractivity contribution in [3.05, 3.63) is 58.8 Å². The maximum Gasteiger partial charge on any atom is 0.331 e. The smallest absolute Gasteiger partial charge is 0.331 e. The van der Waals surface area contributed by atoms with E-state index < -0.39 is 11.9 Å². The number of benzene rings is 1. The molecule has 1 N–H and O–H groups in total. The van der Waals surface area contributed by atoms with E-state index in [1.165, 1.54) is 7.11 Å². The van der Waals surface area contributed by atoms with Gasteiger partial charge in [0.05, 0.1) is 23.9 Å². The minimum absolute atomic E-state index is 0.213. The Morgan fingerprint density at radius 2 is 2.27 bits per heavy atom. The van der Waals surface area contributed by atoms with Crippen molar-refractivity contribution >= 4 is 35.0 Å². The Kier molecular flexibility index (Phi) is 5.28. The molecule has 26 heavy (non-hydrogen) atoms. The third-order valence-corrected chi connectivity index (χ3v) is 4.37. The van der Waals surface area contributed by atoms with Gasteiger partial charge in [0.25, 0.3) is 5.91 Å². The van der Waals surface area contributed by atoms with Crippen molar-refractivity contribution in [1.82, 2.24) is 15.1 Å². The summed E-state index contributed by atoms with van der Waals surface area (Å²) in [6.45, 7) is 1.96. The van der Waals surface area contributed by atoms with E-state index in [9.17, 15) is 9.59 Å². The highest BCUT2D eigenvalue weighted by Crippen LogP contribution is 2.23. The highest BCUT2D eigenvalue weighted by atomic mass is 32.2. The normalized spacial score (nSPS) is 17.2. The summed E-state index contributed by atoms with van der Waals surface area (Å²) in [6, 6.07) is 7.69. The number of nitrogens with zero attached hydrogens (tertiary/aromatic N) is 4. The van der Waals surface area contributed by atoms with Gasteiger partial charge in [0.2, 0.25) is 0 Å². The van der Waals surface area contributed by atoms with Crippen LogP contribution in [0.25, 0.3) is 5.69 Å². The Hall–Kier alpha value is -3.20. The van der Waals surface area contributed by atoms with Gasteiger partial charge in [-0.15, -0.1) is 5.10 Å². The number of hydrogen-bond donors (Lipinski definition) is 1. The van der Waals surface area contributed by atoms with E-state index in [-0.39, 0.29) is 4.91 Å². The quantitative estimate of drug-likeness (QED) is 0.383. The van der Waals surface area contributed by atoms with Crippen LogP contribution in [0.3, 0.4) is 0 Å². The molecule has 9 heteroatoms. The molecule has 2 aromatic rings. The predicted octanol–water partition coefficient (Wildman–Crippen LogP) is 1.79. The second-order valence-electron chi connectivity index (χ2n) is 5.23. The van der Waals surface area contributed by atoms with Crippen LogP contribution in [0.5, 0.6) is 0 Å². The van der Waals surface area contributed by atoms with Gasteiger partial charge in [-0.3, -0.25) is 10.1 Å². The van der Waals surface area contributed by atoms with E-state index in [0.717, 1.165) is 34.7 Å². The third-order valence-electron chi connectivity index (χ3n) is 3.47. The summed E-state index contributed by atoms with van der Waals surface area (Å²) in [5.41, 5.74) is 2.86. The van der Waals surface area contributed by atoms with Gasteiger partial charge in [-0.1, -0.05) is 6.07 Å². The summed E-state index contributed by atoms with van der Waals surface area (Å²) < 4.78 is 6.27. The van der Waals surface area contributed by atoms with Gasteiger partial charge < -0.3 is 4.74 Å². The van der Waals surface area contributed by atoms with Crippen LogP contribution in [-0.4, -0.2) is 40.1 Å². The van der Waals surface area contributed by atoms with Crippen LogP contribution in [0.2, 0.25) is 0 Å². The van der Waals surface area contributed by atoms with Gasteiger partial charge >= 0.3 is 5.97 Å². The number of rotatable bonds is 4. The number of carbonyl (C=O) groups is 2. The van der Waals surface area contributed by atoms with Crippen LogP contribution in [0.15, 0.2) is 57.8 Å². The van der Waals surface area contributed by atoms with E-state index in [0.29, 0.717) is 5.17 Å². The highest BCUT2D eigenvalue weighted by Gasteiger charge is 2.24. The molecule has 0 atom stereocenters. The van der Waals surface area contributed by atoms with E-state index >= 15 is 0 Å². The van der Waals surface area contributed by atoms with Gasteiger partial charge in [-0.2, -0.15) is 10.2 Å². The minimum Gasteiger partial charge on any atom is -0.466 e. The molecule has 0 aliphatic carbocycles. The molecule has 1 amide bonds. The summed E-state index contributed by atoms with van der Waals surface area (Å²) in [5, 5.41) is 15.0. The summed E-state index contributed by atoms with van der Waals surface area (Å²) in [5.74, 6) is -1.01. The number of aryl methyl sites for hydroxylation is 1. The lowest BCUT2D eigenvalue weighted by molar-refractivity contribution is -0.135. The number of nitrogens with one attached hydrogen (secondary N) is 1. The average Bonchev–Trinajstić information content (AvgIpc) is 3.27. The zero-order valence-corrected chi connectivity index (χ0v) is 14.9. The number of carbonyl (C=O) groups excluding carboxylic acids is 2. The van der Waals surface area contributed by atoms with Crippen LogP contribution in [0.1, 0.15) is 11.1 Å². The van der Waals surface area contributed by atoms with Crippen molar-refractivity contribution < 1.29 is 14.3 Å². The molecule has 1 aliphatic heterocycles. The highest BCUT2D eigenvalue weighted by molar-refractivity contribution is 8.18. The Labute approximate surface area is 153 Å². The van der Waals surface area contributed by atoms with Gasteiger partial charge in [0.1, 0.15) is 0 Å². The molecule has 132 valence electrons. The number of hydrogen-bond acceptors (Lipinski definition) is 7. The molecule has 1 saturated heterocycles. The Morgan fingerprint density at radius 3 is 2.96 bits per heavy atom. The SMILES string of the molecule is COC(=O)/C=C1/S/C(=N\N=Cc2ccc(-n3cccn3)cc2C)NC1=O. The molecule has 3 rings (SSSR count). The fourth-order valence-corrected chi connectivity index (χ4v) is 2.89. The molecule has 0 radical (unpaired) electrons. The molecule has 8 nitrogen and oxygen atoms in total. The summed E-state index contributed by atoms with van der Waals surface area (Å²) in [4.78, 5) is 23.1. The minimum atomic E-state index is -0.597. The summed E-state index contributed by atoms with van der Waals surface area (Å²) in [7, 11) is 1.25. The predicted molar refractivity (Wildman–Crippen MR) is 99.2 cm³/mol. The number of esters is 1. The van der Waals surface area contributed by atoms with Crippen molar-refractivity contribution in [3.63, 3.8) is 0 Å². The van der Waals surface area contributed by atoms with E-state index in [2.05, 4.69) is 25.4 Å². The zero-order chi connectivity index (χ0) is 18.5. The van der Waals surface area contributed by atoms with Gasteiger partial charge in [0, 0.05) is 18.5 Å². The lowest BCUT2D eigenvalue weighted by Gasteiger charge is -2.04. The average molecular weight is 369 g/mol. The maximum atomic E-state index is 11.7. The molecule has 1 aromatic heterocycles. The van der Waals surface area contributed by atoms with Crippen LogP contribution in [0.4, 0.5) is 0 Å². The van der Waals surface area contributed by atoms with Crippen molar-refractivity contribution in [3.8, 4) is 5.69 Å². The third kappa shape index (κ3) is 4.06. The molecular weight excluding hydrogens is 354 g/mol. The van der Waals surface area contributed by atoms with Crippen LogP contribution >= 0.6 is 11.8 Å². The first-order valence-electron chi connectivity index (χ1n) is 7.57. The Bertz CT molecular complexity index is 932. The maximum absolute atomic E-state index is 11.7. The van der Waals surface area contributed by atoms with Crippen molar-refractivity contribution in [2.75, 3.05) is 7.11 Å².